The number of thiophene rings is 1. The molecule has 3 rings (SSSR count). The molecule has 3 nitrogen and oxygen atoms in total. The van der Waals surface area contributed by atoms with Gasteiger partial charge in [-0.05, 0) is 28.5 Å². The SMILES string of the molecule is O=C(Cc1ccccc1Cl)NCC(O)c1csc2ccccc12. The van der Waals surface area contributed by atoms with Crippen LogP contribution >= 0.6 is 22.9 Å². The predicted octanol–water partition coefficient (Wildman–Crippen LogP) is 3.95. The van der Waals surface area contributed by atoms with Crippen LogP contribution in [-0.2, 0) is 11.2 Å². The second-order valence-electron chi connectivity index (χ2n) is 5.28. The van der Waals surface area contributed by atoms with Gasteiger partial charge in [-0.1, -0.05) is 48.0 Å². The van der Waals surface area contributed by atoms with Crippen molar-refractivity contribution in [1.82, 2.24) is 5.32 Å². The Labute approximate surface area is 143 Å². The molecule has 0 fully saturated rings. The summed E-state index contributed by atoms with van der Waals surface area (Å²) in [6.45, 7) is 0.185. The third-order valence-corrected chi connectivity index (χ3v) is 5.02. The molecule has 0 saturated carbocycles. The third kappa shape index (κ3) is 3.72. The molecule has 0 spiro atoms. The molecule has 118 valence electrons. The van der Waals surface area contributed by atoms with Crippen molar-refractivity contribution >= 4 is 38.9 Å². The number of hydrogen-bond acceptors (Lipinski definition) is 3. The van der Waals surface area contributed by atoms with Gasteiger partial charge in [-0.3, -0.25) is 4.79 Å². The quantitative estimate of drug-likeness (QED) is 0.735. The summed E-state index contributed by atoms with van der Waals surface area (Å²) in [5, 5.41) is 16.7. The first-order valence-corrected chi connectivity index (χ1v) is 8.55. The van der Waals surface area contributed by atoms with Gasteiger partial charge in [-0.15, -0.1) is 11.3 Å². The van der Waals surface area contributed by atoms with Crippen molar-refractivity contribution in [3.63, 3.8) is 0 Å². The highest BCUT2D eigenvalue weighted by Gasteiger charge is 2.14. The Kier molecular flexibility index (Phi) is 4.96. The zero-order valence-corrected chi connectivity index (χ0v) is 13.9. The number of aliphatic hydroxyl groups is 1. The van der Waals surface area contributed by atoms with E-state index in [4.69, 9.17) is 11.6 Å². The molecule has 0 saturated heterocycles. The number of aliphatic hydroxyl groups excluding tert-OH is 1. The maximum atomic E-state index is 12.0. The van der Waals surface area contributed by atoms with Gasteiger partial charge in [0.05, 0.1) is 12.5 Å². The summed E-state index contributed by atoms with van der Waals surface area (Å²) >= 11 is 7.64. The molecule has 2 aromatic carbocycles. The van der Waals surface area contributed by atoms with Gasteiger partial charge < -0.3 is 10.4 Å². The van der Waals surface area contributed by atoms with E-state index in [2.05, 4.69) is 5.32 Å². The van der Waals surface area contributed by atoms with Gasteiger partial charge in [0.1, 0.15) is 0 Å². The molecule has 0 bridgehead atoms. The molecule has 5 heteroatoms. The van der Waals surface area contributed by atoms with Crippen molar-refractivity contribution in [2.45, 2.75) is 12.5 Å². The minimum absolute atomic E-state index is 0.156. The Morgan fingerprint density at radius 3 is 2.74 bits per heavy atom. The summed E-state index contributed by atoms with van der Waals surface area (Å²) in [4.78, 5) is 12.0. The van der Waals surface area contributed by atoms with E-state index < -0.39 is 6.10 Å². The van der Waals surface area contributed by atoms with Crippen LogP contribution in [0.4, 0.5) is 0 Å². The van der Waals surface area contributed by atoms with E-state index in [9.17, 15) is 9.90 Å². The Balaban J connectivity index is 1.61. The Hall–Kier alpha value is -1.88. The number of carbonyl (C=O) groups is 1. The van der Waals surface area contributed by atoms with E-state index in [0.29, 0.717) is 5.02 Å². The summed E-state index contributed by atoms with van der Waals surface area (Å²) in [6, 6.07) is 15.2. The first-order valence-electron chi connectivity index (χ1n) is 7.29. The maximum Gasteiger partial charge on any atom is 0.224 e. The van der Waals surface area contributed by atoms with Gasteiger partial charge in [0.25, 0.3) is 0 Å². The molecule has 1 atom stereocenters. The molecule has 0 aliphatic carbocycles. The number of nitrogens with one attached hydrogen (secondary N) is 1. The average molecular weight is 346 g/mol. The number of hydrogen-bond donors (Lipinski definition) is 2. The van der Waals surface area contributed by atoms with Crippen molar-refractivity contribution in [3.05, 3.63) is 70.1 Å². The lowest BCUT2D eigenvalue weighted by molar-refractivity contribution is -0.120. The highest BCUT2D eigenvalue weighted by Crippen LogP contribution is 2.29. The van der Waals surface area contributed by atoms with Gasteiger partial charge in [-0.2, -0.15) is 0 Å². The Morgan fingerprint density at radius 2 is 1.91 bits per heavy atom. The average Bonchev–Trinajstić information content (AvgIpc) is 2.99. The molecular weight excluding hydrogens is 330 g/mol. The van der Waals surface area contributed by atoms with E-state index in [-0.39, 0.29) is 18.9 Å². The van der Waals surface area contributed by atoms with E-state index >= 15 is 0 Å². The number of halogens is 1. The summed E-state index contributed by atoms with van der Waals surface area (Å²) in [6.07, 6.45) is -0.516. The minimum atomic E-state index is -0.721. The standard InChI is InChI=1S/C18H16ClNO2S/c19-15-7-3-1-5-12(15)9-18(22)20-10-16(21)14-11-23-17-8-4-2-6-13(14)17/h1-8,11,16,21H,9-10H2,(H,20,22). The fraction of sp³-hybridized carbons (Fsp3) is 0.167. The van der Waals surface area contributed by atoms with Gasteiger partial charge in [0.2, 0.25) is 5.91 Å². The van der Waals surface area contributed by atoms with Crippen LogP contribution in [0, 0.1) is 0 Å². The van der Waals surface area contributed by atoms with E-state index in [1.807, 2.05) is 47.8 Å². The first-order chi connectivity index (χ1) is 11.1. The second-order valence-corrected chi connectivity index (χ2v) is 6.59. The monoisotopic (exact) mass is 345 g/mol. The minimum Gasteiger partial charge on any atom is -0.387 e. The second kappa shape index (κ2) is 7.13. The van der Waals surface area contributed by atoms with Crippen LogP contribution in [0.5, 0.6) is 0 Å². The van der Waals surface area contributed by atoms with Gasteiger partial charge in [0.15, 0.2) is 0 Å². The van der Waals surface area contributed by atoms with Crippen LogP contribution in [0.3, 0.4) is 0 Å². The van der Waals surface area contributed by atoms with Crippen molar-refractivity contribution < 1.29 is 9.90 Å². The van der Waals surface area contributed by atoms with Crippen LogP contribution in [0.1, 0.15) is 17.2 Å². The van der Waals surface area contributed by atoms with Crippen LogP contribution < -0.4 is 5.32 Å². The fourth-order valence-corrected chi connectivity index (χ4v) is 3.66. The number of carbonyl (C=O) groups excluding carboxylic acids is 1. The van der Waals surface area contributed by atoms with Crippen molar-refractivity contribution in [3.8, 4) is 0 Å². The lowest BCUT2D eigenvalue weighted by Gasteiger charge is -2.12. The van der Waals surface area contributed by atoms with Crippen molar-refractivity contribution in [2.75, 3.05) is 6.54 Å². The zero-order chi connectivity index (χ0) is 16.2. The smallest absolute Gasteiger partial charge is 0.224 e. The summed E-state index contributed by atoms with van der Waals surface area (Å²) in [5.41, 5.74) is 1.63. The highest BCUT2D eigenvalue weighted by molar-refractivity contribution is 7.17. The molecule has 0 aliphatic rings. The number of fused-ring (bicyclic) bond motifs is 1. The molecule has 23 heavy (non-hydrogen) atoms. The van der Waals surface area contributed by atoms with Gasteiger partial charge >= 0.3 is 0 Å². The Morgan fingerprint density at radius 1 is 1.17 bits per heavy atom. The molecular formula is C18H16ClNO2S. The molecule has 1 heterocycles. The molecule has 2 N–H and O–H groups in total. The van der Waals surface area contributed by atoms with Crippen molar-refractivity contribution in [2.24, 2.45) is 0 Å². The van der Waals surface area contributed by atoms with Crippen LogP contribution in [0.2, 0.25) is 5.02 Å². The third-order valence-electron chi connectivity index (χ3n) is 3.67. The van der Waals surface area contributed by atoms with Gasteiger partial charge in [-0.25, -0.2) is 0 Å². The molecule has 0 radical (unpaired) electrons. The highest BCUT2D eigenvalue weighted by atomic mass is 35.5. The normalized spacial score (nSPS) is 12.3. The fourth-order valence-electron chi connectivity index (χ4n) is 2.45. The molecule has 1 aromatic heterocycles. The van der Waals surface area contributed by atoms with Crippen LogP contribution in [0.25, 0.3) is 10.1 Å². The Bertz CT molecular complexity index is 831. The van der Waals surface area contributed by atoms with Crippen LogP contribution in [-0.4, -0.2) is 17.6 Å². The lowest BCUT2D eigenvalue weighted by Crippen LogP contribution is -2.29. The molecule has 1 amide bonds. The van der Waals surface area contributed by atoms with E-state index in [1.54, 1.807) is 17.4 Å². The maximum absolute atomic E-state index is 12.0. The molecule has 1 unspecified atom stereocenters. The molecule has 0 aliphatic heterocycles. The predicted molar refractivity (Wildman–Crippen MR) is 95.0 cm³/mol. The molecule has 3 aromatic rings. The number of benzene rings is 2. The zero-order valence-electron chi connectivity index (χ0n) is 12.3. The number of rotatable bonds is 5. The number of amides is 1. The van der Waals surface area contributed by atoms with Gasteiger partial charge in [0, 0.05) is 21.8 Å². The largest absolute Gasteiger partial charge is 0.387 e. The van der Waals surface area contributed by atoms with Crippen LogP contribution in [0.15, 0.2) is 53.9 Å². The van der Waals surface area contributed by atoms with Crippen molar-refractivity contribution in [1.29, 1.82) is 0 Å². The topological polar surface area (TPSA) is 49.3 Å². The van der Waals surface area contributed by atoms with E-state index in [0.717, 1.165) is 21.2 Å². The van der Waals surface area contributed by atoms with E-state index in [1.165, 1.54) is 0 Å². The lowest BCUT2D eigenvalue weighted by atomic mass is 10.1. The first kappa shape index (κ1) is 16.0. The summed E-state index contributed by atoms with van der Waals surface area (Å²) in [7, 11) is 0. The summed E-state index contributed by atoms with van der Waals surface area (Å²) in [5.74, 6) is -0.156. The summed E-state index contributed by atoms with van der Waals surface area (Å²) < 4.78 is 1.13.